The Morgan fingerprint density at radius 1 is 1.42 bits per heavy atom. The van der Waals surface area contributed by atoms with E-state index in [1.165, 1.54) is 7.11 Å². The van der Waals surface area contributed by atoms with E-state index >= 15 is 0 Å². The summed E-state index contributed by atoms with van der Waals surface area (Å²) in [6.07, 6.45) is 6.06. The maximum absolute atomic E-state index is 11.3. The molecule has 0 radical (unpaired) electrons. The number of hydrogen-bond donors (Lipinski definition) is 0. The van der Waals surface area contributed by atoms with E-state index in [1.54, 1.807) is 0 Å². The molecule has 0 aliphatic heterocycles. The van der Waals surface area contributed by atoms with Crippen molar-refractivity contribution in [1.82, 2.24) is 0 Å². The average Bonchev–Trinajstić information content (AvgIpc) is 2.11. The Morgan fingerprint density at radius 3 is 2.50 bits per heavy atom. The molecule has 0 fully saturated rings. The molecule has 12 heavy (non-hydrogen) atoms. The highest BCUT2D eigenvalue weighted by atomic mass is 31.1. The van der Waals surface area contributed by atoms with Gasteiger partial charge in [0.2, 0.25) is 0 Å². The first kappa shape index (κ1) is 11.8. The van der Waals surface area contributed by atoms with Crippen molar-refractivity contribution in [2.24, 2.45) is 0 Å². The highest BCUT2D eigenvalue weighted by molar-refractivity contribution is 7.44. The zero-order valence-electron chi connectivity index (χ0n) is 8.17. The van der Waals surface area contributed by atoms with Crippen LogP contribution in [0.4, 0.5) is 0 Å². The van der Waals surface area contributed by atoms with Crippen LogP contribution < -0.4 is 0 Å². The monoisotopic (exact) mass is 189 g/mol. The van der Waals surface area contributed by atoms with Crippen LogP contribution in [0.25, 0.3) is 0 Å². The van der Waals surface area contributed by atoms with E-state index in [4.69, 9.17) is 4.52 Å². The van der Waals surface area contributed by atoms with Crippen molar-refractivity contribution in [3.63, 3.8) is 0 Å². The van der Waals surface area contributed by atoms with Gasteiger partial charge >= 0.3 is 8.03 Å². The second-order valence-corrected chi connectivity index (χ2v) is 4.13. The first-order valence-corrected chi connectivity index (χ1v) is 5.64. The Kier molecular flexibility index (Phi) is 7.33. The molecule has 1 atom stereocenters. The second-order valence-electron chi connectivity index (χ2n) is 2.67. The van der Waals surface area contributed by atoms with Gasteiger partial charge in [-0.05, 0) is 23.5 Å². The minimum Gasteiger partial charge on any atom is -0.145 e. The Hall–Kier alpha value is -0.200. The zero-order chi connectivity index (χ0) is 9.40. The lowest BCUT2D eigenvalue weighted by atomic mass is 10.2. The molecule has 0 saturated carbocycles. The smallest absolute Gasteiger partial charge is 0.145 e. The fraction of sp³-hybridized carbons (Fsp3) is 0.778. The van der Waals surface area contributed by atoms with Crippen molar-refractivity contribution in [2.45, 2.75) is 39.5 Å². The third kappa shape index (κ3) is 4.63. The molecule has 1 unspecified atom stereocenters. The van der Waals surface area contributed by atoms with Crippen LogP contribution in [0.5, 0.6) is 0 Å². The summed E-state index contributed by atoms with van der Waals surface area (Å²) in [4.78, 5) is 0. The summed E-state index contributed by atoms with van der Waals surface area (Å²) in [6, 6.07) is 0. The Balaban J connectivity index is 4.11. The van der Waals surface area contributed by atoms with Crippen molar-refractivity contribution in [3.05, 3.63) is 11.4 Å². The van der Waals surface area contributed by atoms with Gasteiger partial charge in [-0.2, -0.15) is 0 Å². The number of allylic oxidation sites excluding steroid dienone is 2. The summed E-state index contributed by atoms with van der Waals surface area (Å²) >= 11 is 0. The summed E-state index contributed by atoms with van der Waals surface area (Å²) in [6.45, 7) is 4.19. The summed E-state index contributed by atoms with van der Waals surface area (Å²) in [5.74, 6) is 0. The van der Waals surface area contributed by atoms with Gasteiger partial charge in [-0.3, -0.25) is 0 Å². The Morgan fingerprint density at radius 2 is 2.08 bits per heavy atom. The summed E-state index contributed by atoms with van der Waals surface area (Å²) in [5.41, 5.74) is 0. The maximum Gasteiger partial charge on any atom is 0.543 e. The molecular weight excluding hydrogens is 171 g/mol. The van der Waals surface area contributed by atoms with E-state index in [9.17, 15) is 4.57 Å². The standard InChI is InChI=1S/C9H18O2P/c1-4-6-8-9(7-5-2)12(10)11-3/h8H,4-7H2,1-3H3/q+1/b9-8+. The molecule has 0 spiro atoms. The molecule has 0 aliphatic carbocycles. The van der Waals surface area contributed by atoms with Gasteiger partial charge < -0.3 is 0 Å². The number of hydrogen-bond acceptors (Lipinski definition) is 2. The largest absolute Gasteiger partial charge is 0.543 e. The van der Waals surface area contributed by atoms with Gasteiger partial charge in [-0.1, -0.05) is 20.3 Å². The molecule has 0 aromatic carbocycles. The van der Waals surface area contributed by atoms with Crippen LogP contribution in [0.2, 0.25) is 0 Å². The first-order chi connectivity index (χ1) is 5.76. The van der Waals surface area contributed by atoms with Gasteiger partial charge in [-0.25, -0.2) is 0 Å². The fourth-order valence-electron chi connectivity index (χ4n) is 0.952. The zero-order valence-corrected chi connectivity index (χ0v) is 9.06. The van der Waals surface area contributed by atoms with Gasteiger partial charge in [0.05, 0.1) is 7.11 Å². The number of unbranched alkanes of at least 4 members (excludes halogenated alkanes) is 1. The summed E-state index contributed by atoms with van der Waals surface area (Å²) in [5, 5.41) is 0.969. The van der Waals surface area contributed by atoms with E-state index in [-0.39, 0.29) is 0 Å². The highest BCUT2D eigenvalue weighted by Gasteiger charge is 2.21. The van der Waals surface area contributed by atoms with Crippen LogP contribution in [0, 0.1) is 0 Å². The first-order valence-electron chi connectivity index (χ1n) is 4.46. The minimum absolute atomic E-state index is 0.892. The third-order valence-corrected chi connectivity index (χ3v) is 2.78. The van der Waals surface area contributed by atoms with Gasteiger partial charge in [0.15, 0.2) is 5.31 Å². The lowest BCUT2D eigenvalue weighted by Gasteiger charge is -1.90. The summed E-state index contributed by atoms with van der Waals surface area (Å²) < 4.78 is 16.1. The van der Waals surface area contributed by atoms with Crippen LogP contribution in [-0.2, 0) is 9.09 Å². The van der Waals surface area contributed by atoms with E-state index in [1.807, 2.05) is 6.08 Å². The topological polar surface area (TPSA) is 26.3 Å². The van der Waals surface area contributed by atoms with Crippen molar-refractivity contribution >= 4 is 8.03 Å². The van der Waals surface area contributed by atoms with Crippen LogP contribution in [0.1, 0.15) is 39.5 Å². The quantitative estimate of drug-likeness (QED) is 0.593. The molecular formula is C9H18O2P+. The molecule has 2 nitrogen and oxygen atoms in total. The molecule has 0 aromatic rings. The fourth-order valence-corrected chi connectivity index (χ4v) is 1.87. The van der Waals surface area contributed by atoms with E-state index in [0.29, 0.717) is 0 Å². The second kappa shape index (κ2) is 7.45. The Bertz CT molecular complexity index is 164. The maximum atomic E-state index is 11.3. The molecule has 0 saturated heterocycles. The molecule has 0 N–H and O–H groups in total. The third-order valence-electron chi connectivity index (χ3n) is 1.58. The van der Waals surface area contributed by atoms with Crippen LogP contribution in [-0.4, -0.2) is 7.11 Å². The molecule has 0 rings (SSSR count). The van der Waals surface area contributed by atoms with Crippen molar-refractivity contribution in [1.29, 1.82) is 0 Å². The van der Waals surface area contributed by atoms with Gasteiger partial charge in [-0.15, -0.1) is 4.52 Å². The van der Waals surface area contributed by atoms with E-state index in [2.05, 4.69) is 13.8 Å². The lowest BCUT2D eigenvalue weighted by Crippen LogP contribution is -1.79. The van der Waals surface area contributed by atoms with Crippen LogP contribution in [0.3, 0.4) is 0 Å². The minimum atomic E-state index is -1.55. The van der Waals surface area contributed by atoms with Crippen LogP contribution in [0.15, 0.2) is 11.4 Å². The van der Waals surface area contributed by atoms with Crippen molar-refractivity contribution < 1.29 is 9.09 Å². The van der Waals surface area contributed by atoms with Crippen molar-refractivity contribution in [3.8, 4) is 0 Å². The van der Waals surface area contributed by atoms with E-state index < -0.39 is 8.03 Å². The molecule has 70 valence electrons. The van der Waals surface area contributed by atoms with E-state index in [0.717, 1.165) is 31.0 Å². The van der Waals surface area contributed by atoms with Crippen molar-refractivity contribution in [2.75, 3.05) is 7.11 Å². The molecule has 0 heterocycles. The molecule has 0 aromatic heterocycles. The molecule has 0 aliphatic rings. The average molecular weight is 189 g/mol. The lowest BCUT2D eigenvalue weighted by molar-refractivity contribution is 0.419. The normalized spacial score (nSPS) is 13.2. The van der Waals surface area contributed by atoms with Crippen LogP contribution >= 0.6 is 8.03 Å². The predicted octanol–water partition coefficient (Wildman–Crippen LogP) is 3.86. The molecule has 3 heteroatoms. The van der Waals surface area contributed by atoms with Gasteiger partial charge in [0, 0.05) is 6.42 Å². The Labute approximate surface area is 75.9 Å². The summed E-state index contributed by atoms with van der Waals surface area (Å²) in [7, 11) is -0.0540. The molecule has 0 amide bonds. The van der Waals surface area contributed by atoms with Gasteiger partial charge in [0.25, 0.3) is 0 Å². The predicted molar refractivity (Wildman–Crippen MR) is 52.5 cm³/mol. The number of rotatable bonds is 6. The van der Waals surface area contributed by atoms with Gasteiger partial charge in [0.1, 0.15) is 0 Å². The highest BCUT2D eigenvalue weighted by Crippen LogP contribution is 2.35. The molecule has 0 bridgehead atoms. The SMILES string of the molecule is CCC/C=C(\CCC)[P+](=O)OC.